The minimum absolute atomic E-state index is 0.0947. The van der Waals surface area contributed by atoms with Gasteiger partial charge in [0.2, 0.25) is 0 Å². The van der Waals surface area contributed by atoms with E-state index in [1.807, 2.05) is 13.8 Å². The summed E-state index contributed by atoms with van der Waals surface area (Å²) in [6, 6.07) is 6.46. The molecule has 1 aliphatic heterocycles. The first-order valence-electron chi connectivity index (χ1n) is 8.86. The van der Waals surface area contributed by atoms with Crippen LogP contribution < -0.4 is 0 Å². The molecular weight excluding hydrogens is 370 g/mol. The van der Waals surface area contributed by atoms with Crippen molar-refractivity contribution in [3.63, 3.8) is 0 Å². The predicted octanol–water partition coefficient (Wildman–Crippen LogP) is 3.11. The molecular formula is C19H29NO6S. The summed E-state index contributed by atoms with van der Waals surface area (Å²) >= 11 is 0. The molecule has 27 heavy (non-hydrogen) atoms. The van der Waals surface area contributed by atoms with E-state index in [1.54, 1.807) is 32.9 Å². The maximum atomic E-state index is 12.6. The van der Waals surface area contributed by atoms with E-state index in [9.17, 15) is 13.2 Å². The molecule has 2 rings (SSSR count). The summed E-state index contributed by atoms with van der Waals surface area (Å²) in [6.45, 7) is 9.42. The van der Waals surface area contributed by atoms with Gasteiger partial charge in [0.25, 0.3) is 10.1 Å². The SMILES string of the molecule is COC[C@]1(C)C[C@@H](OS(=O)(=O)c2ccc(C)cc2)CN1C(=O)OC(C)(C)C. The van der Waals surface area contributed by atoms with Gasteiger partial charge in [-0.1, -0.05) is 17.7 Å². The maximum absolute atomic E-state index is 12.6. The fourth-order valence-corrected chi connectivity index (χ4v) is 4.22. The Balaban J connectivity index is 2.19. The molecule has 152 valence electrons. The third-order valence-electron chi connectivity index (χ3n) is 4.35. The standard InChI is InChI=1S/C19H29NO6S/c1-14-7-9-16(10-8-14)27(22,23)26-15-11-19(5,13-24-6)20(12-15)17(21)25-18(2,3)4/h7-10,15H,11-13H2,1-6H3/t15-,19+/m1/s1. The predicted molar refractivity (Wildman–Crippen MR) is 101 cm³/mol. The molecule has 0 N–H and O–H groups in total. The van der Waals surface area contributed by atoms with Crippen LogP contribution >= 0.6 is 0 Å². The lowest BCUT2D eigenvalue weighted by Gasteiger charge is -2.35. The monoisotopic (exact) mass is 399 g/mol. The van der Waals surface area contributed by atoms with Crippen LogP contribution in [0.15, 0.2) is 29.2 Å². The van der Waals surface area contributed by atoms with Crippen molar-refractivity contribution in [2.24, 2.45) is 0 Å². The van der Waals surface area contributed by atoms with Gasteiger partial charge in [0.15, 0.2) is 0 Å². The number of hydrogen-bond acceptors (Lipinski definition) is 6. The molecule has 0 aliphatic carbocycles. The highest BCUT2D eigenvalue weighted by Gasteiger charge is 2.48. The normalized spacial score (nSPS) is 23.5. The van der Waals surface area contributed by atoms with E-state index in [2.05, 4.69) is 0 Å². The summed E-state index contributed by atoms with van der Waals surface area (Å²) in [4.78, 5) is 14.2. The number of benzene rings is 1. The summed E-state index contributed by atoms with van der Waals surface area (Å²) in [6.07, 6.45) is -0.865. The Hall–Kier alpha value is -1.64. The first-order chi connectivity index (χ1) is 12.4. The molecule has 0 spiro atoms. The average molecular weight is 400 g/mol. The summed E-state index contributed by atoms with van der Waals surface area (Å²) in [5.74, 6) is 0. The van der Waals surface area contributed by atoms with Crippen LogP contribution in [-0.2, 0) is 23.8 Å². The number of ether oxygens (including phenoxy) is 2. The molecule has 0 aromatic heterocycles. The largest absolute Gasteiger partial charge is 0.444 e. The number of methoxy groups -OCH3 is 1. The van der Waals surface area contributed by atoms with Crippen LogP contribution in [0.4, 0.5) is 4.79 Å². The average Bonchev–Trinajstić information content (AvgIpc) is 2.82. The van der Waals surface area contributed by atoms with E-state index in [0.717, 1.165) is 5.56 Å². The molecule has 0 bridgehead atoms. The highest BCUT2D eigenvalue weighted by atomic mass is 32.2. The van der Waals surface area contributed by atoms with Gasteiger partial charge in [-0.2, -0.15) is 8.42 Å². The summed E-state index contributed by atoms with van der Waals surface area (Å²) in [5, 5.41) is 0. The lowest BCUT2D eigenvalue weighted by molar-refractivity contribution is -0.00579. The van der Waals surface area contributed by atoms with Crippen molar-refractivity contribution in [3.05, 3.63) is 29.8 Å². The minimum atomic E-state index is -3.93. The molecule has 1 aliphatic rings. The number of rotatable bonds is 5. The van der Waals surface area contributed by atoms with Crippen molar-refractivity contribution >= 4 is 16.2 Å². The van der Waals surface area contributed by atoms with E-state index in [-0.39, 0.29) is 18.0 Å². The molecule has 1 amide bonds. The summed E-state index contributed by atoms with van der Waals surface area (Å²) < 4.78 is 41.3. The van der Waals surface area contributed by atoms with Gasteiger partial charge in [-0.05, 0) is 46.8 Å². The second-order valence-electron chi connectivity index (χ2n) is 8.21. The topological polar surface area (TPSA) is 82.1 Å². The van der Waals surface area contributed by atoms with E-state index in [4.69, 9.17) is 13.7 Å². The molecule has 1 fully saturated rings. The van der Waals surface area contributed by atoms with E-state index < -0.39 is 33.5 Å². The van der Waals surface area contributed by atoms with E-state index >= 15 is 0 Å². The van der Waals surface area contributed by atoms with Gasteiger partial charge in [-0.3, -0.25) is 9.08 Å². The van der Waals surface area contributed by atoms with Crippen LogP contribution in [0.2, 0.25) is 0 Å². The minimum Gasteiger partial charge on any atom is -0.444 e. The molecule has 1 saturated heterocycles. The Morgan fingerprint density at radius 3 is 2.37 bits per heavy atom. The first-order valence-corrected chi connectivity index (χ1v) is 10.3. The van der Waals surface area contributed by atoms with Crippen LogP contribution in [0, 0.1) is 6.92 Å². The number of aryl methyl sites for hydroxylation is 1. The summed E-state index contributed by atoms with van der Waals surface area (Å²) in [5.41, 5.74) is -0.415. The lowest BCUT2D eigenvalue weighted by Crippen LogP contribution is -2.49. The molecule has 2 atom stereocenters. The number of carbonyl (C=O) groups excluding carboxylic acids is 1. The van der Waals surface area contributed by atoms with Crippen LogP contribution in [-0.4, -0.2) is 56.9 Å². The van der Waals surface area contributed by atoms with Crippen molar-refractivity contribution in [1.29, 1.82) is 0 Å². The van der Waals surface area contributed by atoms with Crippen molar-refractivity contribution in [1.82, 2.24) is 4.90 Å². The lowest BCUT2D eigenvalue weighted by atomic mass is 10.00. The third-order valence-corrected chi connectivity index (χ3v) is 5.72. The Kier molecular flexibility index (Phi) is 6.23. The van der Waals surface area contributed by atoms with E-state index in [0.29, 0.717) is 6.42 Å². The second kappa shape index (κ2) is 7.77. The van der Waals surface area contributed by atoms with Crippen LogP contribution in [0.25, 0.3) is 0 Å². The second-order valence-corrected chi connectivity index (χ2v) is 9.78. The van der Waals surface area contributed by atoms with Crippen molar-refractivity contribution in [3.8, 4) is 0 Å². The van der Waals surface area contributed by atoms with Gasteiger partial charge in [-0.25, -0.2) is 4.79 Å². The third kappa shape index (κ3) is 5.43. The fourth-order valence-electron chi connectivity index (χ4n) is 3.15. The molecule has 8 heteroatoms. The number of carbonyl (C=O) groups is 1. The number of hydrogen-bond donors (Lipinski definition) is 0. The van der Waals surface area contributed by atoms with Gasteiger partial charge >= 0.3 is 6.09 Å². The summed E-state index contributed by atoms with van der Waals surface area (Å²) in [7, 11) is -2.39. The van der Waals surface area contributed by atoms with Gasteiger partial charge in [-0.15, -0.1) is 0 Å². The van der Waals surface area contributed by atoms with Crippen molar-refractivity contribution in [2.75, 3.05) is 20.3 Å². The van der Waals surface area contributed by atoms with Crippen LogP contribution in [0.1, 0.15) is 39.7 Å². The highest BCUT2D eigenvalue weighted by molar-refractivity contribution is 7.86. The smallest absolute Gasteiger partial charge is 0.410 e. The Bertz CT molecular complexity index is 768. The van der Waals surface area contributed by atoms with Crippen LogP contribution in [0.3, 0.4) is 0 Å². The highest BCUT2D eigenvalue weighted by Crippen LogP contribution is 2.34. The zero-order chi connectivity index (χ0) is 20.5. The Labute approximate surface area is 161 Å². The molecule has 0 saturated carbocycles. The van der Waals surface area contributed by atoms with Gasteiger partial charge in [0.05, 0.1) is 29.7 Å². The Morgan fingerprint density at radius 2 is 1.85 bits per heavy atom. The molecule has 1 aromatic rings. The van der Waals surface area contributed by atoms with Crippen LogP contribution in [0.5, 0.6) is 0 Å². The zero-order valence-electron chi connectivity index (χ0n) is 16.8. The number of nitrogens with zero attached hydrogens (tertiary/aromatic N) is 1. The number of likely N-dealkylation sites (tertiary alicyclic amines) is 1. The number of amides is 1. The zero-order valence-corrected chi connectivity index (χ0v) is 17.6. The maximum Gasteiger partial charge on any atom is 0.410 e. The van der Waals surface area contributed by atoms with Gasteiger partial charge < -0.3 is 9.47 Å². The van der Waals surface area contributed by atoms with Crippen molar-refractivity contribution < 1.29 is 26.9 Å². The molecule has 1 heterocycles. The molecule has 7 nitrogen and oxygen atoms in total. The quantitative estimate of drug-likeness (QED) is 0.708. The molecule has 0 radical (unpaired) electrons. The fraction of sp³-hybridized carbons (Fsp3) is 0.632. The van der Waals surface area contributed by atoms with E-state index in [1.165, 1.54) is 24.1 Å². The van der Waals surface area contributed by atoms with Crippen molar-refractivity contribution in [2.45, 2.75) is 63.2 Å². The first kappa shape index (κ1) is 21.7. The van der Waals surface area contributed by atoms with Gasteiger partial charge in [0, 0.05) is 13.5 Å². The van der Waals surface area contributed by atoms with Gasteiger partial charge in [0.1, 0.15) is 5.60 Å². The Morgan fingerprint density at radius 1 is 1.26 bits per heavy atom. The molecule has 1 aromatic carbocycles. The molecule has 0 unspecified atom stereocenters.